The Kier molecular flexibility index (Phi) is 4.99. The fourth-order valence-corrected chi connectivity index (χ4v) is 3.97. The first-order valence-electron chi connectivity index (χ1n) is 10.2. The van der Waals surface area contributed by atoms with E-state index in [4.69, 9.17) is 9.73 Å². The second kappa shape index (κ2) is 8.09. The molecule has 4 nitrogen and oxygen atoms in total. The van der Waals surface area contributed by atoms with Crippen molar-refractivity contribution in [3.8, 4) is 0 Å². The summed E-state index contributed by atoms with van der Waals surface area (Å²) in [6, 6.07) is 26.5. The number of hydrogen-bond acceptors (Lipinski definition) is 3. The van der Waals surface area contributed by atoms with Crippen molar-refractivity contribution in [2.24, 2.45) is 4.99 Å². The number of ether oxygens (including phenoxy) is 1. The van der Waals surface area contributed by atoms with Gasteiger partial charge in [-0.1, -0.05) is 48.5 Å². The Morgan fingerprint density at radius 3 is 2.07 bits per heavy atom. The maximum Gasteiger partial charge on any atom is 0.254 e. The molecule has 0 spiro atoms. The topological polar surface area (TPSA) is 41.9 Å². The highest BCUT2D eigenvalue weighted by Crippen LogP contribution is 2.28. The van der Waals surface area contributed by atoms with E-state index in [2.05, 4.69) is 54.6 Å². The second-order valence-electron chi connectivity index (χ2n) is 7.44. The molecule has 1 amide bonds. The molecule has 0 unspecified atom stereocenters. The molecular weight excluding hydrogens is 372 g/mol. The lowest BCUT2D eigenvalue weighted by Crippen LogP contribution is -2.40. The number of carbonyl (C=O) groups is 1. The van der Waals surface area contributed by atoms with Gasteiger partial charge in [-0.25, -0.2) is 0 Å². The Labute approximate surface area is 175 Å². The summed E-state index contributed by atoms with van der Waals surface area (Å²) >= 11 is 0. The number of aliphatic imine (C=N–C) groups is 1. The van der Waals surface area contributed by atoms with Gasteiger partial charge < -0.3 is 9.64 Å². The highest BCUT2D eigenvalue weighted by Gasteiger charge is 2.18. The van der Waals surface area contributed by atoms with E-state index in [0.29, 0.717) is 31.9 Å². The van der Waals surface area contributed by atoms with Crippen LogP contribution >= 0.6 is 0 Å². The van der Waals surface area contributed by atoms with Gasteiger partial charge in [-0.3, -0.25) is 9.79 Å². The second-order valence-corrected chi connectivity index (χ2v) is 7.44. The van der Waals surface area contributed by atoms with Crippen LogP contribution in [0.5, 0.6) is 0 Å². The lowest BCUT2D eigenvalue weighted by atomic mass is 9.97. The molecule has 1 aliphatic rings. The van der Waals surface area contributed by atoms with E-state index in [-0.39, 0.29) is 5.91 Å². The van der Waals surface area contributed by atoms with Gasteiger partial charge in [-0.2, -0.15) is 0 Å². The summed E-state index contributed by atoms with van der Waals surface area (Å²) < 4.78 is 5.33. The largest absolute Gasteiger partial charge is 0.378 e. The summed E-state index contributed by atoms with van der Waals surface area (Å²) in [5, 5.41) is 4.76. The SMILES string of the molecule is O=C(c1ccc(N=Cc2c3ccccc3cc3ccccc23)cc1)N1CCOCC1. The Balaban J connectivity index is 1.46. The van der Waals surface area contributed by atoms with Gasteiger partial charge in [0.05, 0.1) is 18.9 Å². The summed E-state index contributed by atoms with van der Waals surface area (Å²) in [5.74, 6) is 0.0499. The van der Waals surface area contributed by atoms with Crippen molar-refractivity contribution in [1.29, 1.82) is 0 Å². The van der Waals surface area contributed by atoms with E-state index in [1.807, 2.05) is 35.4 Å². The molecule has 0 saturated carbocycles. The van der Waals surface area contributed by atoms with E-state index in [0.717, 1.165) is 11.3 Å². The lowest BCUT2D eigenvalue weighted by Gasteiger charge is -2.26. The summed E-state index contributed by atoms with van der Waals surface area (Å²) in [5.41, 5.74) is 2.62. The van der Waals surface area contributed by atoms with Crippen LogP contribution in [0.15, 0.2) is 83.9 Å². The van der Waals surface area contributed by atoms with Crippen LogP contribution in [0, 0.1) is 0 Å². The molecule has 0 N–H and O–H groups in total. The molecule has 1 heterocycles. The van der Waals surface area contributed by atoms with Crippen LogP contribution in [-0.2, 0) is 4.74 Å². The van der Waals surface area contributed by atoms with E-state index in [9.17, 15) is 4.79 Å². The van der Waals surface area contributed by atoms with Gasteiger partial charge in [0.1, 0.15) is 0 Å². The molecule has 0 bridgehead atoms. The fourth-order valence-electron chi connectivity index (χ4n) is 3.97. The van der Waals surface area contributed by atoms with Gasteiger partial charge in [0.25, 0.3) is 5.91 Å². The van der Waals surface area contributed by atoms with Crippen molar-refractivity contribution >= 4 is 39.4 Å². The van der Waals surface area contributed by atoms with Crippen LogP contribution in [0.2, 0.25) is 0 Å². The third-order valence-corrected chi connectivity index (χ3v) is 5.57. The predicted octanol–water partition coefficient (Wildman–Crippen LogP) is 5.22. The van der Waals surface area contributed by atoms with Gasteiger partial charge in [-0.15, -0.1) is 0 Å². The maximum absolute atomic E-state index is 12.6. The van der Waals surface area contributed by atoms with Crippen LogP contribution in [0.4, 0.5) is 5.69 Å². The first-order chi connectivity index (χ1) is 14.8. The van der Waals surface area contributed by atoms with E-state index < -0.39 is 0 Å². The Morgan fingerprint density at radius 1 is 0.833 bits per heavy atom. The zero-order valence-electron chi connectivity index (χ0n) is 16.6. The van der Waals surface area contributed by atoms with Crippen molar-refractivity contribution in [3.63, 3.8) is 0 Å². The standard InChI is InChI=1S/C26H22N2O2/c29-26(28-13-15-30-16-14-28)19-9-11-22(12-10-19)27-18-25-23-7-3-1-5-20(23)17-21-6-2-4-8-24(21)25/h1-12,17-18H,13-16H2. The number of carbonyl (C=O) groups excluding carboxylic acids is 1. The molecule has 30 heavy (non-hydrogen) atoms. The minimum absolute atomic E-state index is 0.0499. The number of morpholine rings is 1. The zero-order valence-corrected chi connectivity index (χ0v) is 16.6. The highest BCUT2D eigenvalue weighted by molar-refractivity contribution is 6.13. The Hall–Kier alpha value is -3.50. The quantitative estimate of drug-likeness (QED) is 0.353. The van der Waals surface area contributed by atoms with Crippen molar-refractivity contribution in [2.75, 3.05) is 26.3 Å². The molecule has 4 aromatic rings. The number of nitrogens with zero attached hydrogens (tertiary/aromatic N) is 2. The molecule has 4 heteroatoms. The monoisotopic (exact) mass is 394 g/mol. The molecule has 0 atom stereocenters. The molecule has 0 aromatic heterocycles. The fraction of sp³-hybridized carbons (Fsp3) is 0.154. The maximum atomic E-state index is 12.6. The van der Waals surface area contributed by atoms with Gasteiger partial charge >= 0.3 is 0 Å². The molecule has 4 aromatic carbocycles. The minimum Gasteiger partial charge on any atom is -0.378 e. The van der Waals surface area contributed by atoms with E-state index >= 15 is 0 Å². The van der Waals surface area contributed by atoms with Gasteiger partial charge in [0.2, 0.25) is 0 Å². The van der Waals surface area contributed by atoms with Crippen LogP contribution < -0.4 is 0 Å². The molecular formula is C26H22N2O2. The average Bonchev–Trinajstić information content (AvgIpc) is 2.82. The number of amides is 1. The third-order valence-electron chi connectivity index (χ3n) is 5.57. The van der Waals surface area contributed by atoms with Crippen LogP contribution in [-0.4, -0.2) is 43.3 Å². The Bertz CT molecular complexity index is 1190. The Morgan fingerprint density at radius 2 is 1.43 bits per heavy atom. The van der Waals surface area contributed by atoms with Crippen molar-refractivity contribution in [3.05, 3.63) is 90.0 Å². The van der Waals surface area contributed by atoms with Crippen LogP contribution in [0.3, 0.4) is 0 Å². The summed E-state index contributed by atoms with van der Waals surface area (Å²) in [6.45, 7) is 2.50. The van der Waals surface area contributed by atoms with Gasteiger partial charge in [-0.05, 0) is 51.9 Å². The molecule has 0 aliphatic carbocycles. The van der Waals surface area contributed by atoms with E-state index in [1.165, 1.54) is 21.5 Å². The third kappa shape index (κ3) is 3.58. The van der Waals surface area contributed by atoms with Gasteiger partial charge in [0, 0.05) is 30.4 Å². The summed E-state index contributed by atoms with van der Waals surface area (Å²) in [6.07, 6.45) is 1.93. The predicted molar refractivity (Wildman–Crippen MR) is 122 cm³/mol. The average molecular weight is 394 g/mol. The molecule has 0 radical (unpaired) electrons. The van der Waals surface area contributed by atoms with Crippen LogP contribution in [0.25, 0.3) is 21.5 Å². The molecule has 1 fully saturated rings. The highest BCUT2D eigenvalue weighted by atomic mass is 16.5. The first kappa shape index (κ1) is 18.5. The summed E-state index contributed by atoms with van der Waals surface area (Å²) in [7, 11) is 0. The molecule has 148 valence electrons. The summed E-state index contributed by atoms with van der Waals surface area (Å²) in [4.78, 5) is 19.2. The number of hydrogen-bond donors (Lipinski definition) is 0. The van der Waals surface area contributed by atoms with E-state index in [1.54, 1.807) is 0 Å². The normalized spacial score (nSPS) is 14.6. The van der Waals surface area contributed by atoms with Crippen molar-refractivity contribution in [1.82, 2.24) is 4.90 Å². The van der Waals surface area contributed by atoms with Crippen molar-refractivity contribution in [2.45, 2.75) is 0 Å². The molecule has 5 rings (SSSR count). The molecule has 1 aliphatic heterocycles. The smallest absolute Gasteiger partial charge is 0.254 e. The first-order valence-corrected chi connectivity index (χ1v) is 10.2. The lowest BCUT2D eigenvalue weighted by molar-refractivity contribution is 0.0303. The number of benzene rings is 4. The minimum atomic E-state index is 0.0499. The molecule has 1 saturated heterocycles. The number of rotatable bonds is 3. The number of fused-ring (bicyclic) bond motifs is 2. The van der Waals surface area contributed by atoms with Gasteiger partial charge in [0.15, 0.2) is 0 Å². The zero-order chi connectivity index (χ0) is 20.3. The van der Waals surface area contributed by atoms with Crippen molar-refractivity contribution < 1.29 is 9.53 Å². The van der Waals surface area contributed by atoms with Crippen LogP contribution in [0.1, 0.15) is 15.9 Å².